The van der Waals surface area contributed by atoms with Gasteiger partial charge in [-0.1, -0.05) is 18.9 Å². The number of urea groups is 1. The Hall–Kier alpha value is -2.47. The SMILES string of the molecule is CC1=CCC(=O)NC(NC(=O)NCCCCCCN=C=O)=N1. The molecule has 22 heavy (non-hydrogen) atoms. The third kappa shape index (κ3) is 7.96. The number of carbonyl (C=O) groups is 2. The fourth-order valence-electron chi connectivity index (χ4n) is 1.80. The number of guanidine groups is 1. The molecule has 1 rings (SSSR count). The van der Waals surface area contributed by atoms with E-state index in [4.69, 9.17) is 0 Å². The molecule has 3 amide bonds. The lowest BCUT2D eigenvalue weighted by atomic mass is 10.2. The minimum absolute atomic E-state index is 0.139. The van der Waals surface area contributed by atoms with Crippen LogP contribution in [0.25, 0.3) is 0 Å². The average molecular weight is 307 g/mol. The monoisotopic (exact) mass is 307 g/mol. The highest BCUT2D eigenvalue weighted by Gasteiger charge is 2.11. The quantitative estimate of drug-likeness (QED) is 0.370. The van der Waals surface area contributed by atoms with E-state index in [1.165, 1.54) is 6.08 Å². The maximum atomic E-state index is 11.7. The summed E-state index contributed by atoms with van der Waals surface area (Å²) in [7, 11) is 0. The van der Waals surface area contributed by atoms with Crippen LogP contribution in [0.1, 0.15) is 39.0 Å². The number of aliphatic imine (C=N–C) groups is 2. The Balaban J connectivity index is 2.16. The molecule has 0 aromatic heterocycles. The lowest BCUT2D eigenvalue weighted by Crippen LogP contribution is -2.47. The van der Waals surface area contributed by atoms with Crippen LogP contribution in [0.15, 0.2) is 21.8 Å². The predicted molar refractivity (Wildman–Crippen MR) is 81.9 cm³/mol. The zero-order chi connectivity index (χ0) is 16.2. The summed E-state index contributed by atoms with van der Waals surface area (Å²) < 4.78 is 0. The first kappa shape index (κ1) is 17.6. The van der Waals surface area contributed by atoms with Crippen LogP contribution in [0.2, 0.25) is 0 Å². The topological polar surface area (TPSA) is 112 Å². The molecule has 0 fully saturated rings. The molecular weight excluding hydrogens is 286 g/mol. The zero-order valence-electron chi connectivity index (χ0n) is 12.6. The van der Waals surface area contributed by atoms with Crippen LogP contribution in [-0.2, 0) is 9.59 Å². The first-order valence-corrected chi connectivity index (χ1v) is 7.25. The van der Waals surface area contributed by atoms with E-state index in [-0.39, 0.29) is 18.3 Å². The average Bonchev–Trinajstić information content (AvgIpc) is 2.62. The molecule has 0 saturated heterocycles. The molecule has 0 saturated carbocycles. The molecule has 0 spiro atoms. The van der Waals surface area contributed by atoms with E-state index in [9.17, 15) is 14.4 Å². The Morgan fingerprint density at radius 2 is 2.18 bits per heavy atom. The minimum atomic E-state index is -0.403. The van der Waals surface area contributed by atoms with Crippen LogP contribution in [0.4, 0.5) is 4.79 Å². The fraction of sp³-hybridized carbons (Fsp3) is 0.571. The van der Waals surface area contributed by atoms with Crippen molar-refractivity contribution in [2.24, 2.45) is 9.98 Å². The lowest BCUT2D eigenvalue weighted by molar-refractivity contribution is -0.118. The van der Waals surface area contributed by atoms with Crippen molar-refractivity contribution in [1.29, 1.82) is 0 Å². The van der Waals surface area contributed by atoms with E-state index < -0.39 is 6.03 Å². The van der Waals surface area contributed by atoms with Crippen molar-refractivity contribution in [3.05, 3.63) is 11.8 Å². The van der Waals surface area contributed by atoms with E-state index in [2.05, 4.69) is 25.9 Å². The number of carbonyl (C=O) groups excluding carboxylic acids is 3. The maximum absolute atomic E-state index is 11.7. The van der Waals surface area contributed by atoms with Gasteiger partial charge in [-0.25, -0.2) is 19.6 Å². The predicted octanol–water partition coefficient (Wildman–Crippen LogP) is 0.961. The van der Waals surface area contributed by atoms with Crippen LogP contribution >= 0.6 is 0 Å². The Bertz CT molecular complexity index is 507. The number of nitrogens with one attached hydrogen (secondary N) is 3. The summed E-state index contributed by atoms with van der Waals surface area (Å²) in [5.41, 5.74) is 0.673. The van der Waals surface area contributed by atoms with Crippen molar-refractivity contribution < 1.29 is 14.4 Å². The number of nitrogens with zero attached hydrogens (tertiary/aromatic N) is 2. The highest BCUT2D eigenvalue weighted by Crippen LogP contribution is 2.01. The standard InChI is InChI=1S/C14H21N5O3/c1-11-6-7-12(21)18-13(17-11)19-14(22)16-9-5-3-2-4-8-15-10-20/h6H,2-5,7-9H2,1H3,(H3,16,17,18,19,21,22). The Kier molecular flexibility index (Phi) is 8.22. The molecule has 0 aliphatic carbocycles. The number of allylic oxidation sites excluding steroid dienone is 1. The van der Waals surface area contributed by atoms with Gasteiger partial charge in [0.25, 0.3) is 0 Å². The van der Waals surface area contributed by atoms with Gasteiger partial charge in [-0.2, -0.15) is 0 Å². The normalized spacial score (nSPS) is 14.0. The van der Waals surface area contributed by atoms with Crippen molar-refractivity contribution in [1.82, 2.24) is 16.0 Å². The molecule has 0 aromatic carbocycles. The second-order valence-corrected chi connectivity index (χ2v) is 4.83. The van der Waals surface area contributed by atoms with Gasteiger partial charge < -0.3 is 5.32 Å². The lowest BCUT2D eigenvalue weighted by Gasteiger charge is -2.09. The Morgan fingerprint density at radius 1 is 1.41 bits per heavy atom. The molecule has 0 atom stereocenters. The summed E-state index contributed by atoms with van der Waals surface area (Å²) in [5, 5.41) is 7.72. The molecule has 1 aliphatic heterocycles. The van der Waals surface area contributed by atoms with Crippen molar-refractivity contribution in [2.45, 2.75) is 39.0 Å². The number of amides is 3. The van der Waals surface area contributed by atoms with Crippen LogP contribution in [0.5, 0.6) is 0 Å². The zero-order valence-corrected chi connectivity index (χ0v) is 12.6. The molecule has 0 bridgehead atoms. The summed E-state index contributed by atoms with van der Waals surface area (Å²) in [6, 6.07) is -0.403. The molecule has 0 radical (unpaired) electrons. The molecule has 0 unspecified atom stereocenters. The second kappa shape index (κ2) is 10.3. The van der Waals surface area contributed by atoms with E-state index in [1.807, 2.05) is 0 Å². The maximum Gasteiger partial charge on any atom is 0.321 e. The molecule has 0 aromatic rings. The first-order valence-electron chi connectivity index (χ1n) is 7.25. The van der Waals surface area contributed by atoms with Crippen LogP contribution in [0, 0.1) is 0 Å². The number of unbranched alkanes of at least 4 members (excludes halogenated alkanes) is 3. The van der Waals surface area contributed by atoms with Gasteiger partial charge in [-0.15, -0.1) is 0 Å². The van der Waals surface area contributed by atoms with Gasteiger partial charge in [-0.05, 0) is 19.8 Å². The first-order chi connectivity index (χ1) is 10.6. The highest BCUT2D eigenvalue weighted by atomic mass is 16.2. The van der Waals surface area contributed by atoms with Crippen molar-refractivity contribution in [3.63, 3.8) is 0 Å². The minimum Gasteiger partial charge on any atom is -0.338 e. The van der Waals surface area contributed by atoms with Crippen molar-refractivity contribution in [2.75, 3.05) is 13.1 Å². The summed E-state index contributed by atoms with van der Waals surface area (Å²) in [6.07, 6.45) is 6.99. The Morgan fingerprint density at radius 3 is 2.95 bits per heavy atom. The van der Waals surface area contributed by atoms with E-state index in [1.54, 1.807) is 13.0 Å². The van der Waals surface area contributed by atoms with Gasteiger partial charge in [0.15, 0.2) is 0 Å². The molecule has 8 heteroatoms. The van der Waals surface area contributed by atoms with Crippen LogP contribution in [0.3, 0.4) is 0 Å². The van der Waals surface area contributed by atoms with Gasteiger partial charge >= 0.3 is 6.03 Å². The summed E-state index contributed by atoms with van der Waals surface area (Å²) in [6.45, 7) is 2.79. The number of hydrogen-bond acceptors (Lipinski definition) is 5. The molecule has 1 heterocycles. The van der Waals surface area contributed by atoms with E-state index >= 15 is 0 Å². The third-order valence-corrected chi connectivity index (χ3v) is 2.91. The Labute approximate surface area is 129 Å². The highest BCUT2D eigenvalue weighted by molar-refractivity contribution is 6.05. The molecule has 8 nitrogen and oxygen atoms in total. The second-order valence-electron chi connectivity index (χ2n) is 4.83. The van der Waals surface area contributed by atoms with Crippen molar-refractivity contribution >= 4 is 24.0 Å². The molecular formula is C14H21N5O3. The molecule has 3 N–H and O–H groups in total. The molecule has 1 aliphatic rings. The van der Waals surface area contributed by atoms with E-state index in [0.29, 0.717) is 18.8 Å². The third-order valence-electron chi connectivity index (χ3n) is 2.91. The fourth-order valence-corrected chi connectivity index (χ4v) is 1.80. The summed E-state index contributed by atoms with van der Waals surface area (Å²) in [5.74, 6) is -0.0747. The van der Waals surface area contributed by atoms with Gasteiger partial charge in [-0.3, -0.25) is 15.4 Å². The smallest absolute Gasteiger partial charge is 0.321 e. The van der Waals surface area contributed by atoms with Gasteiger partial charge in [0, 0.05) is 18.7 Å². The van der Waals surface area contributed by atoms with Crippen LogP contribution in [-0.4, -0.2) is 37.1 Å². The summed E-state index contributed by atoms with van der Waals surface area (Å²) >= 11 is 0. The van der Waals surface area contributed by atoms with Gasteiger partial charge in [0.2, 0.25) is 17.9 Å². The number of isocyanates is 1. The van der Waals surface area contributed by atoms with Crippen LogP contribution < -0.4 is 16.0 Å². The largest absolute Gasteiger partial charge is 0.338 e. The molecule has 120 valence electrons. The van der Waals surface area contributed by atoms with E-state index in [0.717, 1.165) is 25.7 Å². The van der Waals surface area contributed by atoms with Gasteiger partial charge in [0.1, 0.15) is 0 Å². The van der Waals surface area contributed by atoms with Gasteiger partial charge in [0.05, 0.1) is 6.54 Å². The number of hydrogen-bond donors (Lipinski definition) is 3. The summed E-state index contributed by atoms with van der Waals surface area (Å²) in [4.78, 5) is 40.5. The van der Waals surface area contributed by atoms with Crippen molar-refractivity contribution in [3.8, 4) is 0 Å². The number of rotatable bonds is 7.